The molecule has 3 amide bonds. The van der Waals surface area contributed by atoms with Crippen molar-refractivity contribution in [1.29, 1.82) is 0 Å². The van der Waals surface area contributed by atoms with Crippen LogP contribution in [0.25, 0.3) is 0 Å². The third kappa shape index (κ3) is 7.51. The van der Waals surface area contributed by atoms with Gasteiger partial charge in [0.25, 0.3) is 0 Å². The number of carbonyl (C=O) groups is 3. The summed E-state index contributed by atoms with van der Waals surface area (Å²) >= 11 is 3.28. The van der Waals surface area contributed by atoms with Gasteiger partial charge in [-0.1, -0.05) is 46.3 Å². The van der Waals surface area contributed by atoms with Crippen molar-refractivity contribution in [2.24, 2.45) is 0 Å². The quantitative estimate of drug-likeness (QED) is 0.364. The number of likely N-dealkylation sites (N-methyl/N-ethyl adjacent to an activating group) is 1. The Kier molecular flexibility index (Phi) is 9.79. The molecule has 1 fully saturated rings. The third-order valence-electron chi connectivity index (χ3n) is 6.78. The van der Waals surface area contributed by atoms with E-state index in [-0.39, 0.29) is 43.4 Å². The Balaban J connectivity index is 1.42. The summed E-state index contributed by atoms with van der Waals surface area (Å²) in [5, 5.41) is 2.79. The molecule has 12 heteroatoms. The fraction of sp³-hybridized carbons (Fsp3) is 0.276. The second-order valence-corrected chi connectivity index (χ2v) is 12.4. The minimum atomic E-state index is -3.86. The summed E-state index contributed by atoms with van der Waals surface area (Å²) in [7, 11) is -0.678. The summed E-state index contributed by atoms with van der Waals surface area (Å²) < 4.78 is 33.0. The third-order valence-corrected chi connectivity index (χ3v) is 9.16. The van der Waals surface area contributed by atoms with Crippen molar-refractivity contribution >= 4 is 49.4 Å². The van der Waals surface area contributed by atoms with Crippen LogP contribution in [0.3, 0.4) is 0 Å². The highest BCUT2D eigenvalue weighted by molar-refractivity contribution is 9.10. The van der Waals surface area contributed by atoms with Crippen LogP contribution in [0.4, 0.5) is 5.69 Å². The van der Waals surface area contributed by atoms with Crippen LogP contribution in [0.1, 0.15) is 5.56 Å². The summed E-state index contributed by atoms with van der Waals surface area (Å²) in [4.78, 5) is 42.4. The van der Waals surface area contributed by atoms with Gasteiger partial charge < -0.3 is 19.9 Å². The monoisotopic (exact) mass is 642 g/mol. The molecule has 3 aromatic carbocycles. The van der Waals surface area contributed by atoms with Gasteiger partial charge in [0, 0.05) is 36.7 Å². The molecule has 4 rings (SSSR count). The first-order valence-electron chi connectivity index (χ1n) is 12.9. The predicted octanol–water partition coefficient (Wildman–Crippen LogP) is 2.68. The van der Waals surface area contributed by atoms with E-state index in [1.165, 1.54) is 21.9 Å². The van der Waals surface area contributed by atoms with E-state index in [1.807, 2.05) is 30.3 Å². The summed E-state index contributed by atoms with van der Waals surface area (Å²) in [5.41, 5.74) is 1.48. The van der Waals surface area contributed by atoms with E-state index in [0.29, 0.717) is 11.4 Å². The number of amides is 3. The molecule has 0 aromatic heterocycles. The Morgan fingerprint density at radius 3 is 2.27 bits per heavy atom. The highest BCUT2D eigenvalue weighted by Gasteiger charge is 2.34. The van der Waals surface area contributed by atoms with Crippen molar-refractivity contribution in [1.82, 2.24) is 14.5 Å². The Hall–Kier alpha value is -3.74. The Morgan fingerprint density at radius 1 is 1.00 bits per heavy atom. The molecule has 1 N–H and O–H groups in total. The molecule has 1 aliphatic heterocycles. The highest BCUT2D eigenvalue weighted by atomic mass is 79.9. The van der Waals surface area contributed by atoms with Gasteiger partial charge in [-0.15, -0.1) is 0 Å². The molecule has 0 bridgehead atoms. The van der Waals surface area contributed by atoms with Gasteiger partial charge in [0.05, 0.1) is 25.1 Å². The molecule has 10 nitrogen and oxygen atoms in total. The molecule has 41 heavy (non-hydrogen) atoms. The van der Waals surface area contributed by atoms with E-state index in [9.17, 15) is 22.8 Å². The van der Waals surface area contributed by atoms with Crippen molar-refractivity contribution in [3.8, 4) is 5.75 Å². The number of benzene rings is 3. The molecule has 0 radical (unpaired) electrons. The lowest BCUT2D eigenvalue weighted by Crippen LogP contribution is -2.56. The van der Waals surface area contributed by atoms with Crippen molar-refractivity contribution in [2.45, 2.75) is 17.4 Å². The van der Waals surface area contributed by atoms with Crippen LogP contribution in [0.15, 0.2) is 88.2 Å². The number of nitrogens with zero attached hydrogens (tertiary/aromatic N) is 3. The Morgan fingerprint density at radius 2 is 1.66 bits per heavy atom. The summed E-state index contributed by atoms with van der Waals surface area (Å²) in [5.74, 6) is -0.685. The zero-order valence-electron chi connectivity index (χ0n) is 22.7. The van der Waals surface area contributed by atoms with Crippen LogP contribution in [0.5, 0.6) is 5.75 Å². The number of methoxy groups -OCH3 is 1. The summed E-state index contributed by atoms with van der Waals surface area (Å²) in [6, 6.07) is 21.6. The van der Waals surface area contributed by atoms with Crippen LogP contribution in [-0.2, 0) is 30.8 Å². The number of anilines is 1. The summed E-state index contributed by atoms with van der Waals surface area (Å²) in [6.07, 6.45) is 0.249. The van der Waals surface area contributed by atoms with Gasteiger partial charge in [0.1, 0.15) is 11.8 Å². The summed E-state index contributed by atoms with van der Waals surface area (Å²) in [6.45, 7) is -0.580. The number of nitrogens with one attached hydrogen (secondary N) is 1. The van der Waals surface area contributed by atoms with Gasteiger partial charge in [-0.05, 0) is 54.1 Å². The number of sulfonamides is 1. The van der Waals surface area contributed by atoms with E-state index < -0.39 is 27.9 Å². The number of ether oxygens (including phenoxy) is 1. The lowest BCUT2D eigenvalue weighted by molar-refractivity contribution is -0.139. The molecule has 0 spiro atoms. The maximum atomic E-state index is 13.5. The van der Waals surface area contributed by atoms with Crippen LogP contribution < -0.4 is 15.0 Å². The molecule has 3 aromatic rings. The van der Waals surface area contributed by atoms with E-state index in [0.717, 1.165) is 14.3 Å². The van der Waals surface area contributed by atoms with E-state index in [2.05, 4.69) is 21.2 Å². The molecule has 1 atom stereocenters. The molecule has 216 valence electrons. The van der Waals surface area contributed by atoms with Crippen LogP contribution >= 0.6 is 15.9 Å². The SMILES string of the molecule is COc1ccc(N(C)C(=O)C(Cc2ccccc2)NC(=O)CN2CCN(S(=O)(=O)c3ccc(Br)cc3)CC2=O)cc1. The van der Waals surface area contributed by atoms with Gasteiger partial charge in [-0.3, -0.25) is 14.4 Å². The molecule has 0 saturated carbocycles. The lowest BCUT2D eigenvalue weighted by atomic mass is 10.0. The van der Waals surface area contributed by atoms with Gasteiger partial charge in [-0.25, -0.2) is 8.42 Å². The number of hydrogen-bond donors (Lipinski definition) is 1. The van der Waals surface area contributed by atoms with E-state index in [1.54, 1.807) is 50.6 Å². The van der Waals surface area contributed by atoms with Crippen molar-refractivity contribution in [3.63, 3.8) is 0 Å². The molecule has 1 unspecified atom stereocenters. The van der Waals surface area contributed by atoms with Gasteiger partial charge in [-0.2, -0.15) is 4.31 Å². The Labute approximate surface area is 248 Å². The smallest absolute Gasteiger partial charge is 0.249 e. The van der Waals surface area contributed by atoms with Crippen LogP contribution in [-0.4, -0.2) is 81.7 Å². The maximum absolute atomic E-state index is 13.5. The second kappa shape index (κ2) is 13.3. The number of hydrogen-bond acceptors (Lipinski definition) is 6. The van der Waals surface area contributed by atoms with E-state index in [4.69, 9.17) is 4.74 Å². The van der Waals surface area contributed by atoms with Crippen molar-refractivity contribution < 1.29 is 27.5 Å². The largest absolute Gasteiger partial charge is 0.497 e. The first kappa shape index (κ1) is 30.2. The normalized spacial score (nSPS) is 14.8. The maximum Gasteiger partial charge on any atom is 0.249 e. The standard InChI is InChI=1S/C29H31BrN4O6S/c1-32(23-10-12-24(40-2)13-11-23)29(37)26(18-21-6-4-3-5-7-21)31-27(35)19-33-16-17-34(20-28(33)36)41(38,39)25-14-8-22(30)9-15-25/h3-15,26H,16-20H2,1-2H3,(H,31,35). The van der Waals surface area contributed by atoms with Gasteiger partial charge in [0.15, 0.2) is 0 Å². The number of rotatable bonds is 10. The molecular weight excluding hydrogens is 612 g/mol. The average Bonchev–Trinajstić information content (AvgIpc) is 2.98. The average molecular weight is 644 g/mol. The number of piperazine rings is 1. The van der Waals surface area contributed by atoms with Crippen molar-refractivity contribution in [2.75, 3.05) is 45.2 Å². The number of carbonyl (C=O) groups excluding carboxylic acids is 3. The first-order valence-corrected chi connectivity index (χ1v) is 15.1. The Bertz CT molecular complexity index is 1480. The fourth-order valence-corrected chi connectivity index (χ4v) is 6.09. The topological polar surface area (TPSA) is 116 Å². The van der Waals surface area contributed by atoms with Crippen molar-refractivity contribution in [3.05, 3.63) is 88.9 Å². The fourth-order valence-electron chi connectivity index (χ4n) is 4.44. The molecular formula is C29H31BrN4O6S. The van der Waals surface area contributed by atoms with Crippen LogP contribution in [0.2, 0.25) is 0 Å². The second-order valence-electron chi connectivity index (χ2n) is 9.51. The van der Waals surface area contributed by atoms with Gasteiger partial charge in [0.2, 0.25) is 27.7 Å². The predicted molar refractivity (Wildman–Crippen MR) is 158 cm³/mol. The molecule has 1 heterocycles. The van der Waals surface area contributed by atoms with Gasteiger partial charge >= 0.3 is 0 Å². The minimum Gasteiger partial charge on any atom is -0.497 e. The molecule has 0 aliphatic carbocycles. The van der Waals surface area contributed by atoms with E-state index >= 15 is 0 Å². The zero-order chi connectivity index (χ0) is 29.6. The van der Waals surface area contributed by atoms with Crippen LogP contribution in [0, 0.1) is 0 Å². The molecule has 1 aliphatic rings. The molecule has 1 saturated heterocycles. The lowest BCUT2D eigenvalue weighted by Gasteiger charge is -2.33. The minimum absolute atomic E-state index is 0.0456. The highest BCUT2D eigenvalue weighted by Crippen LogP contribution is 2.21. The first-order chi connectivity index (χ1) is 19.6. The zero-order valence-corrected chi connectivity index (χ0v) is 25.1. The number of halogens is 1.